The second-order valence-corrected chi connectivity index (χ2v) is 6.67. The van der Waals surface area contributed by atoms with E-state index >= 15 is 0 Å². The number of halogens is 1. The molecule has 22 heavy (non-hydrogen) atoms. The van der Waals surface area contributed by atoms with Crippen LogP contribution in [0.2, 0.25) is 0 Å². The molecule has 4 nitrogen and oxygen atoms in total. The van der Waals surface area contributed by atoms with Crippen molar-refractivity contribution in [2.45, 2.75) is 32.6 Å². The molecule has 1 aromatic carbocycles. The third-order valence-corrected chi connectivity index (χ3v) is 4.51. The van der Waals surface area contributed by atoms with E-state index in [-0.39, 0.29) is 17.7 Å². The van der Waals surface area contributed by atoms with Crippen molar-refractivity contribution in [2.24, 2.45) is 5.92 Å². The highest BCUT2D eigenvalue weighted by atomic mass is 79.9. The first-order valence-electron chi connectivity index (χ1n) is 7.90. The van der Waals surface area contributed by atoms with Crippen LogP contribution in [0.4, 0.5) is 0 Å². The second-order valence-electron chi connectivity index (χ2n) is 5.75. The lowest BCUT2D eigenvalue weighted by Gasteiger charge is -2.31. The standard InChI is InChI=1S/C17H23BrN2O2/c1-2-8-19-17(22)14-6-9-20(10-7-14)16(21)12-13-4-3-5-15(18)11-13/h3-5,11,14H,2,6-10,12H2,1H3,(H,19,22). The molecule has 1 N–H and O–H groups in total. The Morgan fingerprint density at radius 2 is 2.05 bits per heavy atom. The Kier molecular flexibility index (Phi) is 6.43. The quantitative estimate of drug-likeness (QED) is 0.870. The SMILES string of the molecule is CCCNC(=O)C1CCN(C(=O)Cc2cccc(Br)c2)CC1. The van der Waals surface area contributed by atoms with Gasteiger partial charge in [-0.15, -0.1) is 0 Å². The van der Waals surface area contributed by atoms with E-state index in [1.807, 2.05) is 36.1 Å². The Morgan fingerprint density at radius 1 is 1.32 bits per heavy atom. The molecule has 1 aliphatic rings. The summed E-state index contributed by atoms with van der Waals surface area (Å²) in [7, 11) is 0. The molecule has 0 spiro atoms. The van der Waals surface area contributed by atoms with E-state index in [4.69, 9.17) is 0 Å². The maximum absolute atomic E-state index is 12.3. The number of likely N-dealkylation sites (tertiary alicyclic amines) is 1. The molecule has 0 saturated carbocycles. The Bertz CT molecular complexity index is 525. The molecule has 0 bridgehead atoms. The molecule has 1 aliphatic heterocycles. The maximum Gasteiger partial charge on any atom is 0.226 e. The number of hydrogen-bond acceptors (Lipinski definition) is 2. The van der Waals surface area contributed by atoms with E-state index in [0.717, 1.165) is 35.8 Å². The van der Waals surface area contributed by atoms with E-state index < -0.39 is 0 Å². The van der Waals surface area contributed by atoms with Crippen LogP contribution in [0.25, 0.3) is 0 Å². The average molecular weight is 367 g/mol. The lowest BCUT2D eigenvalue weighted by Crippen LogP contribution is -2.43. The zero-order chi connectivity index (χ0) is 15.9. The highest BCUT2D eigenvalue weighted by Gasteiger charge is 2.26. The highest BCUT2D eigenvalue weighted by molar-refractivity contribution is 9.10. The van der Waals surface area contributed by atoms with Gasteiger partial charge in [0.1, 0.15) is 0 Å². The Hall–Kier alpha value is -1.36. The molecule has 0 aliphatic carbocycles. The molecule has 5 heteroatoms. The molecule has 0 unspecified atom stereocenters. The van der Waals surface area contributed by atoms with Crippen LogP contribution >= 0.6 is 15.9 Å². The number of hydrogen-bond donors (Lipinski definition) is 1. The van der Waals surface area contributed by atoms with Gasteiger partial charge in [-0.1, -0.05) is 35.0 Å². The molecule has 0 radical (unpaired) electrons. The molecule has 1 fully saturated rings. The molecule has 2 rings (SSSR count). The van der Waals surface area contributed by atoms with Crippen LogP contribution in [0.3, 0.4) is 0 Å². The summed E-state index contributed by atoms with van der Waals surface area (Å²) in [5.41, 5.74) is 1.02. The van der Waals surface area contributed by atoms with Crippen molar-refractivity contribution >= 4 is 27.7 Å². The molecule has 0 atom stereocenters. The number of rotatable bonds is 5. The molecule has 1 aromatic rings. The van der Waals surface area contributed by atoms with E-state index in [0.29, 0.717) is 19.5 Å². The van der Waals surface area contributed by atoms with Gasteiger partial charge in [0.15, 0.2) is 0 Å². The summed E-state index contributed by atoms with van der Waals surface area (Å²) >= 11 is 3.42. The summed E-state index contributed by atoms with van der Waals surface area (Å²) in [6.07, 6.45) is 2.90. The van der Waals surface area contributed by atoms with E-state index in [2.05, 4.69) is 21.2 Å². The fourth-order valence-electron chi connectivity index (χ4n) is 2.72. The largest absolute Gasteiger partial charge is 0.356 e. The number of benzene rings is 1. The minimum absolute atomic E-state index is 0.0569. The summed E-state index contributed by atoms with van der Waals surface area (Å²) in [6.45, 7) is 4.14. The van der Waals surface area contributed by atoms with Gasteiger partial charge in [-0.2, -0.15) is 0 Å². The van der Waals surface area contributed by atoms with Gasteiger partial charge in [-0.05, 0) is 37.0 Å². The van der Waals surface area contributed by atoms with Gasteiger partial charge >= 0.3 is 0 Å². The van der Waals surface area contributed by atoms with Crippen LogP contribution < -0.4 is 5.32 Å². The minimum Gasteiger partial charge on any atom is -0.356 e. The summed E-state index contributed by atoms with van der Waals surface area (Å²) < 4.78 is 0.990. The van der Waals surface area contributed by atoms with Crippen LogP contribution in [0.5, 0.6) is 0 Å². The van der Waals surface area contributed by atoms with E-state index in [9.17, 15) is 9.59 Å². The monoisotopic (exact) mass is 366 g/mol. The van der Waals surface area contributed by atoms with Crippen molar-refractivity contribution in [2.75, 3.05) is 19.6 Å². The zero-order valence-electron chi connectivity index (χ0n) is 13.0. The normalized spacial score (nSPS) is 15.6. The average Bonchev–Trinajstić information content (AvgIpc) is 2.52. The van der Waals surface area contributed by atoms with Crippen molar-refractivity contribution in [3.05, 3.63) is 34.3 Å². The van der Waals surface area contributed by atoms with Crippen LogP contribution in [0.15, 0.2) is 28.7 Å². The van der Waals surface area contributed by atoms with Gasteiger partial charge in [0.25, 0.3) is 0 Å². The van der Waals surface area contributed by atoms with E-state index in [1.54, 1.807) is 0 Å². The summed E-state index contributed by atoms with van der Waals surface area (Å²) in [5.74, 6) is 0.341. The van der Waals surface area contributed by atoms with Gasteiger partial charge < -0.3 is 10.2 Å². The van der Waals surface area contributed by atoms with Gasteiger partial charge in [-0.25, -0.2) is 0 Å². The van der Waals surface area contributed by atoms with Gasteiger partial charge in [-0.3, -0.25) is 9.59 Å². The molecule has 1 saturated heterocycles. The zero-order valence-corrected chi connectivity index (χ0v) is 14.6. The van der Waals surface area contributed by atoms with Gasteiger partial charge in [0.2, 0.25) is 11.8 Å². The number of amides is 2. The number of nitrogens with zero attached hydrogens (tertiary/aromatic N) is 1. The van der Waals surface area contributed by atoms with Crippen molar-refractivity contribution in [1.29, 1.82) is 0 Å². The summed E-state index contributed by atoms with van der Waals surface area (Å²) in [6, 6.07) is 7.84. The second kappa shape index (κ2) is 8.32. The first kappa shape index (κ1) is 17.0. The highest BCUT2D eigenvalue weighted by Crippen LogP contribution is 2.19. The smallest absolute Gasteiger partial charge is 0.226 e. The molecular weight excluding hydrogens is 344 g/mol. The topological polar surface area (TPSA) is 49.4 Å². The fraction of sp³-hybridized carbons (Fsp3) is 0.529. The lowest BCUT2D eigenvalue weighted by molar-refractivity contribution is -0.135. The molecule has 1 heterocycles. The third-order valence-electron chi connectivity index (χ3n) is 4.01. The van der Waals surface area contributed by atoms with Crippen molar-refractivity contribution in [1.82, 2.24) is 10.2 Å². The Balaban J connectivity index is 1.81. The van der Waals surface area contributed by atoms with Crippen LogP contribution in [-0.2, 0) is 16.0 Å². The van der Waals surface area contributed by atoms with Crippen LogP contribution in [0, 0.1) is 5.92 Å². The summed E-state index contributed by atoms with van der Waals surface area (Å²) in [4.78, 5) is 26.2. The first-order valence-corrected chi connectivity index (χ1v) is 8.69. The number of carbonyl (C=O) groups is 2. The van der Waals surface area contributed by atoms with Gasteiger partial charge in [0, 0.05) is 30.0 Å². The maximum atomic E-state index is 12.3. The molecule has 120 valence electrons. The van der Waals surface area contributed by atoms with Crippen LogP contribution in [0.1, 0.15) is 31.7 Å². The minimum atomic E-state index is 0.0569. The lowest BCUT2D eigenvalue weighted by atomic mass is 9.95. The van der Waals surface area contributed by atoms with Crippen LogP contribution in [-0.4, -0.2) is 36.3 Å². The molecule has 2 amide bonds. The van der Waals surface area contributed by atoms with Crippen molar-refractivity contribution in [3.8, 4) is 0 Å². The number of nitrogens with one attached hydrogen (secondary N) is 1. The molecule has 0 aromatic heterocycles. The van der Waals surface area contributed by atoms with Crippen molar-refractivity contribution in [3.63, 3.8) is 0 Å². The predicted octanol–water partition coefficient (Wildman–Crippen LogP) is 2.76. The Labute approximate surface area is 140 Å². The first-order chi connectivity index (χ1) is 10.6. The fourth-order valence-corrected chi connectivity index (χ4v) is 3.16. The summed E-state index contributed by atoms with van der Waals surface area (Å²) in [5, 5.41) is 2.94. The third kappa shape index (κ3) is 4.83. The van der Waals surface area contributed by atoms with Gasteiger partial charge in [0.05, 0.1) is 6.42 Å². The van der Waals surface area contributed by atoms with Crippen molar-refractivity contribution < 1.29 is 9.59 Å². The predicted molar refractivity (Wildman–Crippen MR) is 90.5 cm³/mol. The Morgan fingerprint density at radius 3 is 2.68 bits per heavy atom. The number of piperidine rings is 1. The van der Waals surface area contributed by atoms with E-state index in [1.165, 1.54) is 0 Å². The number of carbonyl (C=O) groups excluding carboxylic acids is 2. The molecular formula is C17H23BrN2O2.